The number of anilines is 2. The fourth-order valence-electron chi connectivity index (χ4n) is 3.29. The van der Waals surface area contributed by atoms with Crippen LogP contribution in [0.2, 0.25) is 5.15 Å². The Morgan fingerprint density at radius 2 is 1.89 bits per heavy atom. The highest BCUT2D eigenvalue weighted by atomic mass is 35.5. The van der Waals surface area contributed by atoms with Gasteiger partial charge in [0.15, 0.2) is 0 Å². The molecular formula is C19H29ClN4O3. The van der Waals surface area contributed by atoms with E-state index in [2.05, 4.69) is 15.2 Å². The summed E-state index contributed by atoms with van der Waals surface area (Å²) in [5.41, 5.74) is 0.503. The Balaban J connectivity index is 1.56. The summed E-state index contributed by atoms with van der Waals surface area (Å²) < 4.78 is 10.9. The molecule has 2 aliphatic heterocycles. The molecule has 0 saturated carbocycles. The quantitative estimate of drug-likeness (QED) is 0.790. The number of carbonyl (C=O) groups excluding carboxylic acids is 1. The van der Waals surface area contributed by atoms with Crippen LogP contribution in [0.5, 0.6) is 0 Å². The average Bonchev–Trinajstić information content (AvgIpc) is 2.61. The van der Waals surface area contributed by atoms with Crippen LogP contribution in [0.15, 0.2) is 12.1 Å². The Kier molecular flexibility index (Phi) is 6.32. The van der Waals surface area contributed by atoms with Gasteiger partial charge in [-0.15, -0.1) is 0 Å². The Labute approximate surface area is 166 Å². The van der Waals surface area contributed by atoms with Crippen LogP contribution in [0.25, 0.3) is 0 Å². The second-order valence-corrected chi connectivity index (χ2v) is 8.41. The molecule has 8 heteroatoms. The normalized spacial score (nSPS) is 19.1. The van der Waals surface area contributed by atoms with Crippen LogP contribution in [0.3, 0.4) is 0 Å². The lowest BCUT2D eigenvalue weighted by Crippen LogP contribution is -2.44. The molecule has 0 spiro atoms. The Bertz CT molecular complexity index is 651. The number of carbonyl (C=O) groups is 1. The standard InChI is InChI=1S/C19H29ClN4O3/c1-19(2,3)27-18(25)24-6-4-14(5-7-24)21-15-12-16(20)22-17(13-15)23-8-10-26-11-9-23/h12-14H,4-11H2,1-3H3,(H,21,22). The number of nitrogens with zero attached hydrogens (tertiary/aromatic N) is 3. The molecule has 2 saturated heterocycles. The summed E-state index contributed by atoms with van der Waals surface area (Å²) in [5.74, 6) is 0.875. The van der Waals surface area contributed by atoms with Crippen molar-refractivity contribution in [2.24, 2.45) is 0 Å². The van der Waals surface area contributed by atoms with Crippen molar-refractivity contribution in [3.05, 3.63) is 17.3 Å². The van der Waals surface area contributed by atoms with Crippen LogP contribution >= 0.6 is 11.6 Å². The molecule has 3 rings (SSSR count). The van der Waals surface area contributed by atoms with E-state index in [0.717, 1.165) is 37.4 Å². The van der Waals surface area contributed by atoms with E-state index in [1.807, 2.05) is 32.9 Å². The molecule has 1 amide bonds. The maximum absolute atomic E-state index is 12.2. The number of likely N-dealkylation sites (tertiary alicyclic amines) is 1. The van der Waals surface area contributed by atoms with Crippen LogP contribution in [0, 0.1) is 0 Å². The minimum atomic E-state index is -0.462. The minimum Gasteiger partial charge on any atom is -0.444 e. The highest BCUT2D eigenvalue weighted by Crippen LogP contribution is 2.25. The van der Waals surface area contributed by atoms with Gasteiger partial charge < -0.3 is 24.6 Å². The van der Waals surface area contributed by atoms with Gasteiger partial charge in [-0.1, -0.05) is 11.6 Å². The van der Waals surface area contributed by atoms with E-state index in [1.165, 1.54) is 0 Å². The Morgan fingerprint density at radius 3 is 2.52 bits per heavy atom. The zero-order valence-corrected chi connectivity index (χ0v) is 17.1. The van der Waals surface area contributed by atoms with Crippen LogP contribution in [0.4, 0.5) is 16.3 Å². The van der Waals surface area contributed by atoms with Gasteiger partial charge in [0.1, 0.15) is 16.6 Å². The number of pyridine rings is 1. The number of morpholine rings is 1. The van der Waals surface area contributed by atoms with Gasteiger partial charge in [0, 0.05) is 44.0 Å². The predicted molar refractivity (Wildman–Crippen MR) is 107 cm³/mol. The molecule has 1 aromatic heterocycles. The van der Waals surface area contributed by atoms with Crippen LogP contribution in [-0.4, -0.2) is 67.0 Å². The topological polar surface area (TPSA) is 66.9 Å². The molecule has 0 radical (unpaired) electrons. The number of hydrogen-bond donors (Lipinski definition) is 1. The lowest BCUT2D eigenvalue weighted by atomic mass is 10.1. The van der Waals surface area contributed by atoms with E-state index < -0.39 is 5.60 Å². The molecule has 1 aromatic rings. The van der Waals surface area contributed by atoms with Gasteiger partial charge in [-0.05, 0) is 39.7 Å². The first-order valence-corrected chi connectivity index (χ1v) is 9.93. The molecule has 7 nitrogen and oxygen atoms in total. The summed E-state index contributed by atoms with van der Waals surface area (Å²) >= 11 is 6.23. The molecule has 0 bridgehead atoms. The van der Waals surface area contributed by atoms with Crippen molar-refractivity contribution in [3.63, 3.8) is 0 Å². The molecule has 27 heavy (non-hydrogen) atoms. The average molecular weight is 397 g/mol. The number of hydrogen-bond acceptors (Lipinski definition) is 6. The third kappa shape index (κ3) is 5.87. The molecule has 2 fully saturated rings. The fourth-order valence-corrected chi connectivity index (χ4v) is 3.49. The van der Waals surface area contributed by atoms with Crippen molar-refractivity contribution in [1.82, 2.24) is 9.88 Å². The first kappa shape index (κ1) is 20.0. The Hall–Kier alpha value is -1.73. The number of halogens is 1. The van der Waals surface area contributed by atoms with Gasteiger partial charge in [-0.25, -0.2) is 9.78 Å². The number of ether oxygens (including phenoxy) is 2. The highest BCUT2D eigenvalue weighted by Gasteiger charge is 2.27. The van der Waals surface area contributed by atoms with Crippen molar-refractivity contribution in [1.29, 1.82) is 0 Å². The maximum atomic E-state index is 12.2. The molecule has 0 aromatic carbocycles. The van der Waals surface area contributed by atoms with Crippen LogP contribution in [-0.2, 0) is 9.47 Å². The predicted octanol–water partition coefficient (Wildman–Crippen LogP) is 3.38. The van der Waals surface area contributed by atoms with Gasteiger partial charge in [0.2, 0.25) is 0 Å². The monoisotopic (exact) mass is 396 g/mol. The number of nitrogens with one attached hydrogen (secondary N) is 1. The third-order valence-corrected chi connectivity index (χ3v) is 4.83. The van der Waals surface area contributed by atoms with E-state index in [1.54, 1.807) is 4.90 Å². The van der Waals surface area contributed by atoms with Crippen LogP contribution in [0.1, 0.15) is 33.6 Å². The highest BCUT2D eigenvalue weighted by molar-refractivity contribution is 6.29. The van der Waals surface area contributed by atoms with Crippen molar-refractivity contribution in [2.75, 3.05) is 49.6 Å². The summed E-state index contributed by atoms with van der Waals surface area (Å²) in [6.45, 7) is 10.1. The molecule has 1 N–H and O–H groups in total. The van der Waals surface area contributed by atoms with E-state index in [9.17, 15) is 4.79 Å². The summed E-state index contributed by atoms with van der Waals surface area (Å²) in [7, 11) is 0. The van der Waals surface area contributed by atoms with Crippen molar-refractivity contribution in [2.45, 2.75) is 45.3 Å². The van der Waals surface area contributed by atoms with Gasteiger partial charge in [-0.2, -0.15) is 0 Å². The van der Waals surface area contributed by atoms with E-state index >= 15 is 0 Å². The number of amides is 1. The Morgan fingerprint density at radius 1 is 1.22 bits per heavy atom. The van der Waals surface area contributed by atoms with Gasteiger partial charge >= 0.3 is 6.09 Å². The van der Waals surface area contributed by atoms with Crippen LogP contribution < -0.4 is 10.2 Å². The summed E-state index contributed by atoms with van der Waals surface area (Å²) in [6.07, 6.45) is 1.50. The zero-order valence-electron chi connectivity index (χ0n) is 16.3. The summed E-state index contributed by atoms with van der Waals surface area (Å²) in [5, 5.41) is 4.03. The molecular weight excluding hydrogens is 368 g/mol. The second-order valence-electron chi connectivity index (χ2n) is 8.02. The molecule has 3 heterocycles. The lowest BCUT2D eigenvalue weighted by molar-refractivity contribution is 0.0210. The second kappa shape index (κ2) is 8.52. The molecule has 0 aliphatic carbocycles. The van der Waals surface area contributed by atoms with Gasteiger partial charge in [0.05, 0.1) is 13.2 Å². The van der Waals surface area contributed by atoms with E-state index in [-0.39, 0.29) is 6.09 Å². The van der Waals surface area contributed by atoms with E-state index in [0.29, 0.717) is 37.5 Å². The summed E-state index contributed by atoms with van der Waals surface area (Å²) in [4.78, 5) is 20.6. The SMILES string of the molecule is CC(C)(C)OC(=O)N1CCC(Nc2cc(Cl)nc(N3CCOCC3)c2)CC1. The zero-order chi connectivity index (χ0) is 19.4. The van der Waals surface area contributed by atoms with Crippen molar-refractivity contribution >= 4 is 29.2 Å². The lowest BCUT2D eigenvalue weighted by Gasteiger charge is -2.34. The number of rotatable bonds is 3. The van der Waals surface area contributed by atoms with Crippen molar-refractivity contribution < 1.29 is 14.3 Å². The smallest absolute Gasteiger partial charge is 0.410 e. The maximum Gasteiger partial charge on any atom is 0.410 e. The molecule has 2 aliphatic rings. The van der Waals surface area contributed by atoms with E-state index in [4.69, 9.17) is 21.1 Å². The largest absolute Gasteiger partial charge is 0.444 e. The third-order valence-electron chi connectivity index (χ3n) is 4.63. The summed E-state index contributed by atoms with van der Waals surface area (Å²) in [6, 6.07) is 4.18. The van der Waals surface area contributed by atoms with Gasteiger partial charge in [0.25, 0.3) is 0 Å². The fraction of sp³-hybridized carbons (Fsp3) is 0.684. The van der Waals surface area contributed by atoms with Crippen molar-refractivity contribution in [3.8, 4) is 0 Å². The first-order chi connectivity index (χ1) is 12.8. The minimum absolute atomic E-state index is 0.234. The molecule has 0 unspecified atom stereocenters. The molecule has 150 valence electrons. The first-order valence-electron chi connectivity index (χ1n) is 9.55. The molecule has 0 atom stereocenters. The number of aromatic nitrogens is 1. The number of piperidine rings is 1. The van der Waals surface area contributed by atoms with Gasteiger partial charge in [-0.3, -0.25) is 0 Å².